The van der Waals surface area contributed by atoms with E-state index in [2.05, 4.69) is 5.32 Å². The van der Waals surface area contributed by atoms with Crippen LogP contribution in [0.25, 0.3) is 0 Å². The SMILES string of the molecule is CCOCC(C)OCCNCCS(C)(=O)=O. The van der Waals surface area contributed by atoms with Crippen molar-refractivity contribution >= 4 is 9.84 Å². The first kappa shape index (κ1) is 15.8. The van der Waals surface area contributed by atoms with Crippen molar-refractivity contribution in [2.45, 2.75) is 20.0 Å². The van der Waals surface area contributed by atoms with Crippen LogP contribution in [0.5, 0.6) is 0 Å². The average molecular weight is 253 g/mol. The van der Waals surface area contributed by atoms with Crippen LogP contribution in [-0.2, 0) is 19.3 Å². The first-order chi connectivity index (χ1) is 7.45. The van der Waals surface area contributed by atoms with Gasteiger partial charge in [0.15, 0.2) is 0 Å². The summed E-state index contributed by atoms with van der Waals surface area (Å²) in [5.41, 5.74) is 0. The Bertz CT molecular complexity index is 254. The number of ether oxygens (including phenoxy) is 2. The largest absolute Gasteiger partial charge is 0.379 e. The van der Waals surface area contributed by atoms with Crippen LogP contribution >= 0.6 is 0 Å². The monoisotopic (exact) mass is 253 g/mol. The molecule has 0 aromatic rings. The van der Waals surface area contributed by atoms with Crippen LogP contribution in [0.2, 0.25) is 0 Å². The average Bonchev–Trinajstić information content (AvgIpc) is 2.18. The number of nitrogens with one attached hydrogen (secondary N) is 1. The van der Waals surface area contributed by atoms with Gasteiger partial charge < -0.3 is 14.8 Å². The third-order valence-corrected chi connectivity index (χ3v) is 2.83. The van der Waals surface area contributed by atoms with Gasteiger partial charge in [0.25, 0.3) is 0 Å². The molecule has 16 heavy (non-hydrogen) atoms. The molecule has 1 atom stereocenters. The Morgan fingerprint density at radius 3 is 2.56 bits per heavy atom. The van der Waals surface area contributed by atoms with Gasteiger partial charge in [0.2, 0.25) is 0 Å². The summed E-state index contributed by atoms with van der Waals surface area (Å²) in [5.74, 6) is 0.168. The van der Waals surface area contributed by atoms with Gasteiger partial charge in [-0.15, -0.1) is 0 Å². The van der Waals surface area contributed by atoms with Gasteiger partial charge in [0, 0.05) is 26.0 Å². The quantitative estimate of drug-likeness (QED) is 0.558. The maximum atomic E-state index is 10.8. The molecule has 0 aliphatic rings. The molecule has 0 saturated carbocycles. The summed E-state index contributed by atoms with van der Waals surface area (Å²) in [6.07, 6.45) is 1.31. The van der Waals surface area contributed by atoms with Crippen molar-refractivity contribution in [2.75, 3.05) is 44.9 Å². The molecule has 0 rings (SSSR count). The Morgan fingerprint density at radius 1 is 1.31 bits per heavy atom. The molecule has 0 aliphatic heterocycles. The Morgan fingerprint density at radius 2 is 2.00 bits per heavy atom. The molecular weight excluding hydrogens is 230 g/mol. The lowest BCUT2D eigenvalue weighted by Crippen LogP contribution is -2.28. The molecule has 0 aromatic carbocycles. The van der Waals surface area contributed by atoms with Gasteiger partial charge in [-0.3, -0.25) is 0 Å². The maximum absolute atomic E-state index is 10.8. The van der Waals surface area contributed by atoms with Crippen molar-refractivity contribution in [2.24, 2.45) is 0 Å². The van der Waals surface area contributed by atoms with Crippen LogP contribution in [0.4, 0.5) is 0 Å². The second-order valence-corrected chi connectivity index (χ2v) is 5.98. The zero-order valence-corrected chi connectivity index (χ0v) is 11.2. The molecule has 1 N–H and O–H groups in total. The summed E-state index contributed by atoms with van der Waals surface area (Å²) >= 11 is 0. The van der Waals surface area contributed by atoms with E-state index in [1.807, 2.05) is 13.8 Å². The van der Waals surface area contributed by atoms with Gasteiger partial charge in [0.1, 0.15) is 9.84 Å². The molecule has 0 radical (unpaired) electrons. The fraction of sp³-hybridized carbons (Fsp3) is 1.00. The molecular formula is C10H23NO4S. The lowest BCUT2D eigenvalue weighted by atomic mass is 10.4. The van der Waals surface area contributed by atoms with Gasteiger partial charge in [-0.25, -0.2) is 8.42 Å². The lowest BCUT2D eigenvalue weighted by molar-refractivity contribution is -0.00176. The van der Waals surface area contributed by atoms with E-state index in [1.165, 1.54) is 6.26 Å². The molecule has 6 heteroatoms. The van der Waals surface area contributed by atoms with Crippen molar-refractivity contribution in [1.82, 2.24) is 5.32 Å². The van der Waals surface area contributed by atoms with Crippen molar-refractivity contribution in [3.63, 3.8) is 0 Å². The standard InChI is InChI=1S/C10H23NO4S/c1-4-14-9-10(2)15-7-5-11-6-8-16(3,12)13/h10-11H,4-9H2,1-3H3. The predicted molar refractivity (Wildman–Crippen MR) is 64.5 cm³/mol. The van der Waals surface area contributed by atoms with Gasteiger partial charge in [-0.1, -0.05) is 0 Å². The van der Waals surface area contributed by atoms with Gasteiger partial charge in [-0.2, -0.15) is 0 Å². The van der Waals surface area contributed by atoms with Crippen LogP contribution in [0, 0.1) is 0 Å². The van der Waals surface area contributed by atoms with E-state index in [9.17, 15) is 8.42 Å². The summed E-state index contributed by atoms with van der Waals surface area (Å²) in [4.78, 5) is 0. The number of rotatable bonds is 10. The van der Waals surface area contributed by atoms with Crippen LogP contribution < -0.4 is 5.32 Å². The second kappa shape index (κ2) is 8.92. The summed E-state index contributed by atoms with van der Waals surface area (Å²) in [5, 5.41) is 3.01. The summed E-state index contributed by atoms with van der Waals surface area (Å²) < 4.78 is 32.2. The second-order valence-electron chi connectivity index (χ2n) is 3.72. The van der Waals surface area contributed by atoms with E-state index in [-0.39, 0.29) is 11.9 Å². The topological polar surface area (TPSA) is 64.6 Å². The zero-order chi connectivity index (χ0) is 12.4. The minimum atomic E-state index is -2.86. The van der Waals surface area contributed by atoms with E-state index in [1.54, 1.807) is 0 Å². The minimum absolute atomic E-state index is 0.0802. The normalized spacial score (nSPS) is 13.9. The molecule has 0 aliphatic carbocycles. The van der Waals surface area contributed by atoms with Crippen LogP contribution in [0.3, 0.4) is 0 Å². The van der Waals surface area contributed by atoms with E-state index in [0.29, 0.717) is 32.9 Å². The molecule has 5 nitrogen and oxygen atoms in total. The predicted octanol–water partition coefficient (Wildman–Crippen LogP) is 0.0622. The van der Waals surface area contributed by atoms with E-state index < -0.39 is 9.84 Å². The fourth-order valence-electron chi connectivity index (χ4n) is 1.05. The van der Waals surface area contributed by atoms with E-state index >= 15 is 0 Å². The fourth-order valence-corrected chi connectivity index (χ4v) is 1.56. The molecule has 98 valence electrons. The highest BCUT2D eigenvalue weighted by molar-refractivity contribution is 7.90. The Labute approximate surface area is 98.4 Å². The maximum Gasteiger partial charge on any atom is 0.148 e. The van der Waals surface area contributed by atoms with E-state index in [0.717, 1.165) is 0 Å². The molecule has 1 unspecified atom stereocenters. The Kier molecular flexibility index (Phi) is 8.83. The van der Waals surface area contributed by atoms with Crippen molar-refractivity contribution < 1.29 is 17.9 Å². The summed E-state index contributed by atoms with van der Waals surface area (Å²) in [6, 6.07) is 0. The lowest BCUT2D eigenvalue weighted by Gasteiger charge is -2.12. The first-order valence-electron chi connectivity index (χ1n) is 5.53. The highest BCUT2D eigenvalue weighted by Crippen LogP contribution is 1.90. The summed E-state index contributed by atoms with van der Waals surface area (Å²) in [6.45, 7) is 6.89. The van der Waals surface area contributed by atoms with Crippen molar-refractivity contribution in [3.05, 3.63) is 0 Å². The zero-order valence-electron chi connectivity index (χ0n) is 10.4. The van der Waals surface area contributed by atoms with Crippen LogP contribution in [0.15, 0.2) is 0 Å². The Balaban J connectivity index is 3.27. The highest BCUT2D eigenvalue weighted by atomic mass is 32.2. The molecule has 0 heterocycles. The number of hydrogen-bond acceptors (Lipinski definition) is 5. The Hall–Kier alpha value is -0.170. The highest BCUT2D eigenvalue weighted by Gasteiger charge is 2.02. The summed E-state index contributed by atoms with van der Waals surface area (Å²) in [7, 11) is -2.86. The minimum Gasteiger partial charge on any atom is -0.379 e. The molecule has 0 bridgehead atoms. The van der Waals surface area contributed by atoms with Crippen molar-refractivity contribution in [3.8, 4) is 0 Å². The van der Waals surface area contributed by atoms with Crippen LogP contribution in [-0.4, -0.2) is 59.4 Å². The molecule has 0 aromatic heterocycles. The van der Waals surface area contributed by atoms with Crippen LogP contribution in [0.1, 0.15) is 13.8 Å². The van der Waals surface area contributed by atoms with Gasteiger partial charge in [0.05, 0.1) is 25.1 Å². The molecule has 0 fully saturated rings. The van der Waals surface area contributed by atoms with Crippen molar-refractivity contribution in [1.29, 1.82) is 0 Å². The molecule has 0 spiro atoms. The van der Waals surface area contributed by atoms with Gasteiger partial charge in [-0.05, 0) is 13.8 Å². The smallest absolute Gasteiger partial charge is 0.148 e. The third-order valence-electron chi connectivity index (χ3n) is 1.89. The number of sulfone groups is 1. The van der Waals surface area contributed by atoms with Gasteiger partial charge >= 0.3 is 0 Å². The first-order valence-corrected chi connectivity index (χ1v) is 7.59. The molecule has 0 saturated heterocycles. The van der Waals surface area contributed by atoms with E-state index in [4.69, 9.17) is 9.47 Å². The third kappa shape index (κ3) is 11.9. The number of hydrogen-bond donors (Lipinski definition) is 1. The molecule has 0 amide bonds.